The Kier molecular flexibility index (Phi) is 1.00. The third kappa shape index (κ3) is 0.680. The summed E-state index contributed by atoms with van der Waals surface area (Å²) >= 11 is 0. The Balaban J connectivity index is 2.48. The summed E-state index contributed by atoms with van der Waals surface area (Å²) in [5.41, 5.74) is 0. The lowest BCUT2D eigenvalue weighted by molar-refractivity contribution is 0.508. The van der Waals surface area contributed by atoms with Crippen molar-refractivity contribution in [1.29, 1.82) is 0 Å². The van der Waals surface area contributed by atoms with E-state index >= 15 is 0 Å². The fourth-order valence-corrected chi connectivity index (χ4v) is 0.649. The first-order valence-corrected chi connectivity index (χ1v) is 2.73. The highest BCUT2D eigenvalue weighted by molar-refractivity contribution is 4.99. The second kappa shape index (κ2) is 1.94. The van der Waals surface area contributed by atoms with E-state index in [1.165, 1.54) is 11.1 Å². The average molecular weight is 136 g/mol. The molecule has 0 spiro atoms. The van der Waals surface area contributed by atoms with E-state index in [9.17, 15) is 0 Å². The minimum absolute atomic E-state index is 0.380. The second-order valence-electron chi connectivity index (χ2n) is 1.67. The van der Waals surface area contributed by atoms with Crippen molar-refractivity contribution < 1.29 is 4.42 Å². The Labute approximate surface area is 56.3 Å². The van der Waals surface area contributed by atoms with Crippen LogP contribution in [0.25, 0.3) is 6.01 Å². The summed E-state index contributed by atoms with van der Waals surface area (Å²) in [7, 11) is 0. The van der Waals surface area contributed by atoms with Crippen LogP contribution in [-0.4, -0.2) is 20.0 Å². The molecule has 0 saturated carbocycles. The summed E-state index contributed by atoms with van der Waals surface area (Å²) in [6, 6.07) is 2.16. The van der Waals surface area contributed by atoms with E-state index < -0.39 is 0 Å². The predicted octanol–water partition coefficient (Wildman–Crippen LogP) is 0.255. The summed E-state index contributed by atoms with van der Waals surface area (Å²) in [5, 5.41) is 11.0. The summed E-state index contributed by atoms with van der Waals surface area (Å²) < 4.78 is 6.35. The summed E-state index contributed by atoms with van der Waals surface area (Å²) in [4.78, 5) is 0. The van der Waals surface area contributed by atoms with Crippen LogP contribution in [0.5, 0.6) is 0 Å². The topological polar surface area (TPSA) is 56.7 Å². The van der Waals surface area contributed by atoms with Crippen molar-refractivity contribution in [2.45, 2.75) is 0 Å². The monoisotopic (exact) mass is 136 g/mol. The highest BCUT2D eigenvalue weighted by atomic mass is 16.4. The van der Waals surface area contributed by atoms with Gasteiger partial charge in [0.05, 0.1) is 0 Å². The van der Waals surface area contributed by atoms with Gasteiger partial charge in [0.15, 0.2) is 0 Å². The molecule has 0 aromatic carbocycles. The summed E-state index contributed by atoms with van der Waals surface area (Å²) in [6.07, 6.45) is 4.63. The zero-order valence-electron chi connectivity index (χ0n) is 5.01. The van der Waals surface area contributed by atoms with Crippen LogP contribution in [0.1, 0.15) is 0 Å². The molecule has 2 rings (SSSR count). The van der Waals surface area contributed by atoms with E-state index in [4.69, 9.17) is 4.42 Å². The van der Waals surface area contributed by atoms with Gasteiger partial charge in [0.1, 0.15) is 0 Å². The van der Waals surface area contributed by atoms with E-state index in [-0.39, 0.29) is 0 Å². The van der Waals surface area contributed by atoms with E-state index in [1.54, 1.807) is 18.5 Å². The lowest BCUT2D eigenvalue weighted by Crippen LogP contribution is -1.93. The number of aromatic nitrogens is 4. The van der Waals surface area contributed by atoms with Crippen molar-refractivity contribution >= 4 is 0 Å². The fraction of sp³-hybridized carbons (Fsp3) is 0. The molecule has 2 aromatic rings. The van der Waals surface area contributed by atoms with Gasteiger partial charge in [0, 0.05) is 12.4 Å². The Hall–Kier alpha value is -1.65. The Morgan fingerprint density at radius 1 is 1.50 bits per heavy atom. The molecule has 0 saturated heterocycles. The lowest BCUT2D eigenvalue weighted by atomic mass is 10.8. The van der Waals surface area contributed by atoms with Gasteiger partial charge in [-0.05, 0) is 6.07 Å². The van der Waals surface area contributed by atoms with Crippen molar-refractivity contribution in [3.63, 3.8) is 0 Å². The van der Waals surface area contributed by atoms with Gasteiger partial charge in [0.25, 0.3) is 0 Å². The highest BCUT2D eigenvalue weighted by Crippen LogP contribution is 1.97. The molecular formula is C5H4N4O. The Morgan fingerprint density at radius 2 is 2.50 bits per heavy atom. The number of hydrogen-bond acceptors (Lipinski definition) is 4. The number of nitrogens with zero attached hydrogens (tertiary/aromatic N) is 4. The standard InChI is InChI=1S/C5H4N4O/c1-2-7-9(3-1)5-8-6-4-10-5/h1-4H. The fourth-order valence-electron chi connectivity index (χ4n) is 0.649. The first-order chi connectivity index (χ1) is 4.97. The molecule has 0 bridgehead atoms. The smallest absolute Gasteiger partial charge is 0.343 e. The number of hydrogen-bond donors (Lipinski definition) is 0. The van der Waals surface area contributed by atoms with Crippen LogP contribution >= 0.6 is 0 Å². The minimum atomic E-state index is 0.380. The molecule has 2 aromatic heterocycles. The molecule has 50 valence electrons. The van der Waals surface area contributed by atoms with Gasteiger partial charge >= 0.3 is 6.01 Å². The normalized spacial score (nSPS) is 10.0. The van der Waals surface area contributed by atoms with Gasteiger partial charge in [-0.3, -0.25) is 0 Å². The first kappa shape index (κ1) is 5.16. The zero-order chi connectivity index (χ0) is 6.81. The van der Waals surface area contributed by atoms with Crippen LogP contribution in [0, 0.1) is 0 Å². The SMILES string of the molecule is c1cnn(-c2nnco2)c1. The maximum atomic E-state index is 4.86. The molecular weight excluding hydrogens is 132 g/mol. The van der Waals surface area contributed by atoms with Crippen molar-refractivity contribution in [2.24, 2.45) is 0 Å². The van der Waals surface area contributed by atoms with Crippen molar-refractivity contribution in [1.82, 2.24) is 20.0 Å². The molecule has 0 aliphatic carbocycles. The second-order valence-corrected chi connectivity index (χ2v) is 1.67. The molecule has 0 atom stereocenters. The molecule has 5 nitrogen and oxygen atoms in total. The largest absolute Gasteiger partial charge is 0.409 e. The van der Waals surface area contributed by atoms with Gasteiger partial charge in [-0.15, -0.1) is 5.10 Å². The summed E-state index contributed by atoms with van der Waals surface area (Å²) in [6.45, 7) is 0. The Morgan fingerprint density at radius 3 is 3.10 bits per heavy atom. The van der Waals surface area contributed by atoms with Gasteiger partial charge < -0.3 is 4.42 Å². The lowest BCUT2D eigenvalue weighted by Gasteiger charge is -1.87. The van der Waals surface area contributed by atoms with E-state index in [0.717, 1.165) is 0 Å². The summed E-state index contributed by atoms with van der Waals surface area (Å²) in [5.74, 6) is 0. The highest BCUT2D eigenvalue weighted by Gasteiger charge is 1.98. The molecule has 0 N–H and O–H groups in total. The maximum Gasteiger partial charge on any atom is 0.343 e. The van der Waals surface area contributed by atoms with Crippen molar-refractivity contribution in [3.8, 4) is 6.01 Å². The molecule has 0 radical (unpaired) electrons. The van der Waals surface area contributed by atoms with Crippen LogP contribution in [0.2, 0.25) is 0 Å². The van der Waals surface area contributed by atoms with Crippen molar-refractivity contribution in [2.75, 3.05) is 0 Å². The van der Waals surface area contributed by atoms with Crippen LogP contribution in [-0.2, 0) is 0 Å². The van der Waals surface area contributed by atoms with Gasteiger partial charge in [-0.25, -0.2) is 0 Å². The molecule has 5 heteroatoms. The van der Waals surface area contributed by atoms with E-state index in [2.05, 4.69) is 15.3 Å². The van der Waals surface area contributed by atoms with Gasteiger partial charge in [-0.2, -0.15) is 9.78 Å². The molecule has 0 fully saturated rings. The first-order valence-electron chi connectivity index (χ1n) is 2.73. The maximum absolute atomic E-state index is 4.86. The van der Waals surface area contributed by atoms with Gasteiger partial charge in [-0.1, -0.05) is 5.10 Å². The third-order valence-electron chi connectivity index (χ3n) is 1.05. The van der Waals surface area contributed by atoms with E-state index in [0.29, 0.717) is 6.01 Å². The molecule has 0 unspecified atom stereocenters. The Bertz CT molecular complexity index is 253. The minimum Gasteiger partial charge on any atom is -0.409 e. The van der Waals surface area contributed by atoms with Gasteiger partial charge in [0.2, 0.25) is 6.39 Å². The molecule has 10 heavy (non-hydrogen) atoms. The zero-order valence-corrected chi connectivity index (χ0v) is 5.01. The average Bonchev–Trinajstić information content (AvgIpc) is 2.59. The van der Waals surface area contributed by atoms with Crippen LogP contribution < -0.4 is 0 Å². The number of rotatable bonds is 1. The molecule has 2 heterocycles. The molecule has 0 amide bonds. The molecule has 0 aliphatic rings. The molecule has 0 aliphatic heterocycles. The van der Waals surface area contributed by atoms with Crippen molar-refractivity contribution in [3.05, 3.63) is 24.9 Å². The third-order valence-corrected chi connectivity index (χ3v) is 1.05. The van der Waals surface area contributed by atoms with Crippen LogP contribution in [0.3, 0.4) is 0 Å². The predicted molar refractivity (Wildman–Crippen MR) is 31.4 cm³/mol. The van der Waals surface area contributed by atoms with Crippen LogP contribution in [0.4, 0.5) is 0 Å². The van der Waals surface area contributed by atoms with E-state index in [1.807, 2.05) is 0 Å². The quantitative estimate of drug-likeness (QED) is 0.564. The van der Waals surface area contributed by atoms with Crippen LogP contribution in [0.15, 0.2) is 29.3 Å².